The first-order valence-corrected chi connectivity index (χ1v) is 8.20. The number of nitrogens with zero attached hydrogens (tertiary/aromatic N) is 2. The topological polar surface area (TPSA) is 23.6 Å². The number of para-hydroxylation sites is 2. The van der Waals surface area contributed by atoms with Crippen LogP contribution in [0.3, 0.4) is 0 Å². The number of fused-ring (bicyclic) bond motifs is 1. The van der Waals surface area contributed by atoms with Crippen LogP contribution in [0.15, 0.2) is 48.5 Å². The number of anilines is 2. The van der Waals surface area contributed by atoms with Crippen molar-refractivity contribution < 1.29 is 18.0 Å². The average molecular weight is 348 g/mol. The van der Waals surface area contributed by atoms with E-state index in [0.29, 0.717) is 18.7 Å². The van der Waals surface area contributed by atoms with Crippen LogP contribution in [0.1, 0.15) is 18.1 Å². The summed E-state index contributed by atoms with van der Waals surface area (Å²) in [5.41, 5.74) is 1.44. The van der Waals surface area contributed by atoms with Crippen molar-refractivity contribution >= 4 is 17.3 Å². The van der Waals surface area contributed by atoms with Crippen molar-refractivity contribution in [3.8, 4) is 0 Å². The third kappa shape index (κ3) is 3.62. The van der Waals surface area contributed by atoms with Gasteiger partial charge in [0.25, 0.3) is 0 Å². The molecule has 0 N–H and O–H groups in total. The Bertz CT molecular complexity index is 773. The number of amides is 1. The van der Waals surface area contributed by atoms with E-state index in [9.17, 15) is 18.0 Å². The molecule has 1 heterocycles. The SMILES string of the molecule is CCN1CCN(C(=O)Cc2cccc(C(F)(F)F)c2)c2ccccc21. The van der Waals surface area contributed by atoms with E-state index < -0.39 is 11.7 Å². The van der Waals surface area contributed by atoms with Gasteiger partial charge >= 0.3 is 6.18 Å². The molecule has 0 spiro atoms. The fraction of sp³-hybridized carbons (Fsp3) is 0.316. The molecule has 2 aromatic carbocycles. The number of alkyl halides is 3. The first kappa shape index (κ1) is 17.3. The van der Waals surface area contributed by atoms with Crippen molar-refractivity contribution in [2.45, 2.75) is 19.5 Å². The zero-order chi connectivity index (χ0) is 18.0. The lowest BCUT2D eigenvalue weighted by Crippen LogP contribution is -2.44. The number of hydrogen-bond acceptors (Lipinski definition) is 2. The molecule has 3 nitrogen and oxygen atoms in total. The number of halogens is 3. The van der Waals surface area contributed by atoms with Crippen LogP contribution >= 0.6 is 0 Å². The van der Waals surface area contributed by atoms with Crippen molar-refractivity contribution in [3.63, 3.8) is 0 Å². The van der Waals surface area contributed by atoms with Gasteiger partial charge in [0.05, 0.1) is 23.4 Å². The molecule has 1 amide bonds. The van der Waals surface area contributed by atoms with Crippen LogP contribution in [0.4, 0.5) is 24.5 Å². The largest absolute Gasteiger partial charge is 0.416 e. The maximum Gasteiger partial charge on any atom is 0.416 e. The van der Waals surface area contributed by atoms with Crippen LogP contribution in [-0.4, -0.2) is 25.5 Å². The number of likely N-dealkylation sites (N-methyl/N-ethyl adjacent to an activating group) is 1. The van der Waals surface area contributed by atoms with E-state index in [0.717, 1.165) is 30.1 Å². The smallest absolute Gasteiger partial charge is 0.368 e. The minimum atomic E-state index is -4.40. The molecule has 132 valence electrons. The Kier molecular flexibility index (Phi) is 4.70. The van der Waals surface area contributed by atoms with Crippen LogP contribution in [0.2, 0.25) is 0 Å². The Labute approximate surface area is 144 Å². The van der Waals surface area contributed by atoms with Crippen LogP contribution < -0.4 is 9.80 Å². The van der Waals surface area contributed by atoms with Crippen molar-refractivity contribution in [3.05, 3.63) is 59.7 Å². The van der Waals surface area contributed by atoms with E-state index in [-0.39, 0.29) is 12.3 Å². The van der Waals surface area contributed by atoms with Crippen LogP contribution in [0.25, 0.3) is 0 Å². The standard InChI is InChI=1S/C19H19F3N2O/c1-2-23-10-11-24(17-9-4-3-8-16(17)23)18(25)13-14-6-5-7-15(12-14)19(20,21)22/h3-9,12H,2,10-11,13H2,1H3. The molecule has 25 heavy (non-hydrogen) atoms. The lowest BCUT2D eigenvalue weighted by atomic mass is 10.1. The molecule has 0 atom stereocenters. The summed E-state index contributed by atoms with van der Waals surface area (Å²) in [6, 6.07) is 12.6. The molecule has 3 rings (SSSR count). The fourth-order valence-electron chi connectivity index (χ4n) is 3.14. The number of carbonyl (C=O) groups excluding carboxylic acids is 1. The Balaban J connectivity index is 1.83. The van der Waals surface area contributed by atoms with Crippen molar-refractivity contribution in [1.82, 2.24) is 0 Å². The summed E-state index contributed by atoms with van der Waals surface area (Å²) in [5.74, 6) is -0.192. The predicted octanol–water partition coefficient (Wildman–Crippen LogP) is 4.12. The molecule has 1 aliphatic heterocycles. The molecule has 0 bridgehead atoms. The van der Waals surface area contributed by atoms with E-state index in [2.05, 4.69) is 11.8 Å². The van der Waals surface area contributed by atoms with Gasteiger partial charge < -0.3 is 9.80 Å². The van der Waals surface area contributed by atoms with Crippen molar-refractivity contribution in [2.75, 3.05) is 29.4 Å². The number of hydrogen-bond donors (Lipinski definition) is 0. The maximum absolute atomic E-state index is 12.8. The predicted molar refractivity (Wildman–Crippen MR) is 91.8 cm³/mol. The Morgan fingerprint density at radius 2 is 1.76 bits per heavy atom. The van der Waals surface area contributed by atoms with Gasteiger partial charge in [-0.15, -0.1) is 0 Å². The van der Waals surface area contributed by atoms with Crippen LogP contribution in [-0.2, 0) is 17.4 Å². The lowest BCUT2D eigenvalue weighted by Gasteiger charge is -2.37. The molecule has 0 saturated heterocycles. The van der Waals surface area contributed by atoms with Gasteiger partial charge in [-0.05, 0) is 30.7 Å². The average Bonchev–Trinajstić information content (AvgIpc) is 2.60. The fourth-order valence-corrected chi connectivity index (χ4v) is 3.14. The highest BCUT2D eigenvalue weighted by Crippen LogP contribution is 2.33. The Morgan fingerprint density at radius 3 is 2.44 bits per heavy atom. The van der Waals surface area contributed by atoms with Gasteiger partial charge in [-0.2, -0.15) is 13.2 Å². The van der Waals surface area contributed by atoms with E-state index in [1.54, 1.807) is 11.0 Å². The number of carbonyl (C=O) groups is 1. The molecule has 0 fully saturated rings. The Morgan fingerprint density at radius 1 is 1.04 bits per heavy atom. The summed E-state index contributed by atoms with van der Waals surface area (Å²) >= 11 is 0. The molecule has 0 unspecified atom stereocenters. The van der Waals surface area contributed by atoms with Crippen molar-refractivity contribution in [2.24, 2.45) is 0 Å². The molecular weight excluding hydrogens is 329 g/mol. The molecule has 0 aromatic heterocycles. The molecule has 2 aromatic rings. The third-order valence-electron chi connectivity index (χ3n) is 4.40. The van der Waals surface area contributed by atoms with E-state index in [1.165, 1.54) is 6.07 Å². The summed E-state index contributed by atoms with van der Waals surface area (Å²) in [5, 5.41) is 0. The van der Waals surface area contributed by atoms with E-state index in [4.69, 9.17) is 0 Å². The van der Waals surface area contributed by atoms with Crippen LogP contribution in [0, 0.1) is 0 Å². The summed E-state index contributed by atoms with van der Waals surface area (Å²) in [7, 11) is 0. The number of rotatable bonds is 3. The highest BCUT2D eigenvalue weighted by atomic mass is 19.4. The van der Waals surface area contributed by atoms with Gasteiger partial charge in [0, 0.05) is 19.6 Å². The lowest BCUT2D eigenvalue weighted by molar-refractivity contribution is -0.137. The first-order chi connectivity index (χ1) is 11.9. The normalized spacial score (nSPS) is 14.4. The minimum Gasteiger partial charge on any atom is -0.368 e. The second-order valence-electron chi connectivity index (χ2n) is 5.99. The van der Waals surface area contributed by atoms with Crippen molar-refractivity contribution in [1.29, 1.82) is 0 Å². The molecule has 0 radical (unpaired) electrons. The monoisotopic (exact) mass is 348 g/mol. The zero-order valence-electron chi connectivity index (χ0n) is 13.9. The second kappa shape index (κ2) is 6.78. The molecule has 0 aliphatic carbocycles. The first-order valence-electron chi connectivity index (χ1n) is 8.20. The zero-order valence-corrected chi connectivity index (χ0v) is 13.9. The van der Waals surface area contributed by atoms with Gasteiger partial charge in [-0.25, -0.2) is 0 Å². The quantitative estimate of drug-likeness (QED) is 0.833. The third-order valence-corrected chi connectivity index (χ3v) is 4.40. The van der Waals surface area contributed by atoms with Crippen LogP contribution in [0.5, 0.6) is 0 Å². The Hall–Kier alpha value is -2.50. The van der Waals surface area contributed by atoms with Gasteiger partial charge in [0.2, 0.25) is 5.91 Å². The summed E-state index contributed by atoms with van der Waals surface area (Å²) in [4.78, 5) is 16.6. The number of benzene rings is 2. The molecule has 1 aliphatic rings. The molecule has 0 saturated carbocycles. The molecule has 6 heteroatoms. The van der Waals surface area contributed by atoms with E-state index >= 15 is 0 Å². The second-order valence-corrected chi connectivity index (χ2v) is 5.99. The van der Waals surface area contributed by atoms with Gasteiger partial charge in [-0.3, -0.25) is 4.79 Å². The summed E-state index contributed by atoms with van der Waals surface area (Å²) in [6.45, 7) is 4.13. The summed E-state index contributed by atoms with van der Waals surface area (Å²) in [6.07, 6.45) is -4.46. The highest BCUT2D eigenvalue weighted by molar-refractivity contribution is 5.98. The minimum absolute atomic E-state index is 0.0512. The summed E-state index contributed by atoms with van der Waals surface area (Å²) < 4.78 is 38.5. The van der Waals surface area contributed by atoms with Gasteiger partial charge in [0.15, 0.2) is 0 Å². The van der Waals surface area contributed by atoms with Gasteiger partial charge in [-0.1, -0.05) is 30.3 Å². The molecular formula is C19H19F3N2O. The highest BCUT2D eigenvalue weighted by Gasteiger charge is 2.31. The maximum atomic E-state index is 12.8. The van der Waals surface area contributed by atoms with Gasteiger partial charge in [0.1, 0.15) is 0 Å². The van der Waals surface area contributed by atoms with E-state index in [1.807, 2.05) is 24.3 Å².